The summed E-state index contributed by atoms with van der Waals surface area (Å²) in [4.78, 5) is 14.2. The average Bonchev–Trinajstić information content (AvgIpc) is 3.16. The van der Waals surface area contributed by atoms with Crippen LogP contribution in [0.4, 0.5) is 0 Å². The zero-order valence-electron chi connectivity index (χ0n) is 18.8. The van der Waals surface area contributed by atoms with Gasteiger partial charge in [0.05, 0.1) is 10.6 Å². The lowest BCUT2D eigenvalue weighted by Gasteiger charge is -2.25. The molecule has 0 saturated heterocycles. The van der Waals surface area contributed by atoms with E-state index in [1.807, 2.05) is 73.7 Å². The normalized spacial score (nSPS) is 18.1. The largest absolute Gasteiger partial charge is 0.489 e. The number of hydrogen-bond donors (Lipinski definition) is 0. The van der Waals surface area contributed by atoms with Gasteiger partial charge in [-0.15, -0.1) is 0 Å². The first-order valence-corrected chi connectivity index (χ1v) is 12.5. The molecule has 1 aliphatic heterocycles. The molecule has 4 rings (SSSR count). The molecule has 1 amide bonds. The fraction of sp³-hybridized carbons (Fsp3) is 0.222. The van der Waals surface area contributed by atoms with Crippen molar-refractivity contribution < 1.29 is 17.9 Å². The van der Waals surface area contributed by atoms with Gasteiger partial charge in [-0.1, -0.05) is 79.7 Å². The van der Waals surface area contributed by atoms with E-state index in [1.54, 1.807) is 29.2 Å². The summed E-state index contributed by atoms with van der Waals surface area (Å²) in [6.07, 6.45) is 1.91. The van der Waals surface area contributed by atoms with Crippen molar-refractivity contribution in [2.24, 2.45) is 5.41 Å². The van der Waals surface area contributed by atoms with E-state index in [2.05, 4.69) is 0 Å². The molecule has 170 valence electrons. The third kappa shape index (κ3) is 5.34. The summed E-state index contributed by atoms with van der Waals surface area (Å²) in [7, 11) is -3.62. The molecule has 5 nitrogen and oxygen atoms in total. The number of carbonyl (C=O) groups excluding carboxylic acids is 1. The molecule has 0 radical (unpaired) electrons. The Balaban J connectivity index is 1.55. The summed E-state index contributed by atoms with van der Waals surface area (Å²) < 4.78 is 32.5. The smallest absolute Gasteiger partial charge is 0.223 e. The highest BCUT2D eigenvalue weighted by Gasteiger charge is 2.39. The van der Waals surface area contributed by atoms with Crippen molar-refractivity contribution >= 4 is 21.4 Å². The van der Waals surface area contributed by atoms with Crippen molar-refractivity contribution in [2.75, 3.05) is 12.3 Å². The molecule has 0 aromatic heterocycles. The Hall–Kier alpha value is -3.38. The molecule has 0 fully saturated rings. The lowest BCUT2D eigenvalue weighted by atomic mass is 9.94. The maximum absolute atomic E-state index is 13.4. The first-order chi connectivity index (χ1) is 15.8. The number of hydrogen-bond acceptors (Lipinski definition) is 4. The van der Waals surface area contributed by atoms with E-state index in [1.165, 1.54) is 6.92 Å². The minimum absolute atomic E-state index is 0.109. The molecule has 1 atom stereocenters. The summed E-state index contributed by atoms with van der Waals surface area (Å²) in [6, 6.07) is 25.9. The second kappa shape index (κ2) is 9.24. The fourth-order valence-electron chi connectivity index (χ4n) is 4.13. The summed E-state index contributed by atoms with van der Waals surface area (Å²) in [6.45, 7) is 4.06. The topological polar surface area (TPSA) is 63.7 Å². The van der Waals surface area contributed by atoms with Crippen molar-refractivity contribution in [3.05, 3.63) is 102 Å². The maximum Gasteiger partial charge on any atom is 0.223 e. The van der Waals surface area contributed by atoms with Crippen LogP contribution in [0, 0.1) is 5.41 Å². The molecule has 1 heterocycles. The van der Waals surface area contributed by atoms with Gasteiger partial charge in [0, 0.05) is 24.6 Å². The number of sulfone groups is 1. The van der Waals surface area contributed by atoms with Crippen molar-refractivity contribution in [3.8, 4) is 5.75 Å². The van der Waals surface area contributed by atoms with E-state index in [0.717, 1.165) is 16.8 Å². The van der Waals surface area contributed by atoms with Crippen molar-refractivity contribution in [2.45, 2.75) is 25.3 Å². The fourth-order valence-corrected chi connectivity index (χ4v) is 5.92. The second-order valence-electron chi connectivity index (χ2n) is 8.66. The maximum atomic E-state index is 13.4. The zero-order valence-corrected chi connectivity index (χ0v) is 19.6. The Morgan fingerprint density at radius 3 is 2.30 bits per heavy atom. The number of nitrogens with zero attached hydrogens (tertiary/aromatic N) is 1. The number of amides is 1. The van der Waals surface area contributed by atoms with Crippen molar-refractivity contribution in [1.29, 1.82) is 0 Å². The van der Waals surface area contributed by atoms with Crippen LogP contribution in [0.5, 0.6) is 5.75 Å². The monoisotopic (exact) mass is 461 g/mol. The van der Waals surface area contributed by atoms with Crippen LogP contribution in [-0.4, -0.2) is 31.5 Å². The summed E-state index contributed by atoms with van der Waals surface area (Å²) >= 11 is 0. The van der Waals surface area contributed by atoms with Crippen LogP contribution in [0.15, 0.2) is 95.9 Å². The molecule has 6 heteroatoms. The molecule has 3 aromatic rings. The molecule has 33 heavy (non-hydrogen) atoms. The summed E-state index contributed by atoms with van der Waals surface area (Å²) in [5.41, 5.74) is 1.94. The Bertz CT molecular complexity index is 1270. The average molecular weight is 462 g/mol. The Kier molecular flexibility index (Phi) is 6.38. The van der Waals surface area contributed by atoms with E-state index in [-0.39, 0.29) is 16.6 Å². The van der Waals surface area contributed by atoms with E-state index in [4.69, 9.17) is 4.74 Å². The van der Waals surface area contributed by atoms with Gasteiger partial charge in [0.2, 0.25) is 5.91 Å². The second-order valence-corrected chi connectivity index (χ2v) is 10.7. The van der Waals surface area contributed by atoms with E-state index >= 15 is 0 Å². The highest BCUT2D eigenvalue weighted by atomic mass is 32.2. The van der Waals surface area contributed by atoms with Crippen LogP contribution in [0.2, 0.25) is 0 Å². The van der Waals surface area contributed by atoms with Gasteiger partial charge in [-0.05, 0) is 29.3 Å². The molecule has 3 aromatic carbocycles. The first-order valence-electron chi connectivity index (χ1n) is 10.8. The Labute approximate surface area is 195 Å². The van der Waals surface area contributed by atoms with Gasteiger partial charge in [0.15, 0.2) is 9.84 Å². The minimum atomic E-state index is -3.62. The number of rotatable bonds is 7. The third-order valence-corrected chi connectivity index (χ3v) is 7.69. The number of ether oxygens (including phenoxy) is 1. The predicted molar refractivity (Wildman–Crippen MR) is 129 cm³/mol. The van der Waals surface area contributed by atoms with Crippen LogP contribution in [0.3, 0.4) is 0 Å². The van der Waals surface area contributed by atoms with E-state index < -0.39 is 15.3 Å². The molecular weight excluding hydrogens is 434 g/mol. The molecule has 0 aliphatic carbocycles. The van der Waals surface area contributed by atoms with Gasteiger partial charge < -0.3 is 9.64 Å². The van der Waals surface area contributed by atoms with Crippen LogP contribution in [0.1, 0.15) is 25.0 Å². The zero-order chi connectivity index (χ0) is 23.5. The lowest BCUT2D eigenvalue weighted by Crippen LogP contribution is -2.34. The van der Waals surface area contributed by atoms with Gasteiger partial charge in [0.25, 0.3) is 0 Å². The highest BCUT2D eigenvalue weighted by molar-refractivity contribution is 7.91. The van der Waals surface area contributed by atoms with Crippen LogP contribution >= 0.6 is 0 Å². The van der Waals surface area contributed by atoms with Gasteiger partial charge in [0.1, 0.15) is 12.4 Å². The van der Waals surface area contributed by atoms with Crippen LogP contribution in [0.25, 0.3) is 5.70 Å². The Morgan fingerprint density at radius 2 is 1.64 bits per heavy atom. The van der Waals surface area contributed by atoms with Crippen LogP contribution < -0.4 is 4.74 Å². The number of carbonyl (C=O) groups is 1. The Morgan fingerprint density at radius 1 is 0.970 bits per heavy atom. The van der Waals surface area contributed by atoms with Crippen LogP contribution in [-0.2, 0) is 21.2 Å². The summed E-state index contributed by atoms with van der Waals surface area (Å²) in [5.74, 6) is 0.285. The van der Waals surface area contributed by atoms with E-state index in [9.17, 15) is 13.2 Å². The molecular formula is C27H27NO4S. The lowest BCUT2D eigenvalue weighted by molar-refractivity contribution is -0.125. The molecule has 1 aliphatic rings. The molecule has 1 unspecified atom stereocenters. The standard InChI is InChI=1S/C27H27NO4S/c1-21(29)28-19-27(2,17-26(28)23-12-7-4-8-13-23)20-33(30,31)25-15-9-14-24(16-25)32-18-22-10-5-3-6-11-22/h3-17H,18-20H2,1-2H3. The number of benzene rings is 3. The first kappa shape index (κ1) is 22.8. The minimum Gasteiger partial charge on any atom is -0.489 e. The van der Waals surface area contributed by atoms with Gasteiger partial charge >= 0.3 is 0 Å². The molecule has 0 spiro atoms. The molecule has 0 N–H and O–H groups in total. The van der Waals surface area contributed by atoms with Gasteiger partial charge in [-0.2, -0.15) is 0 Å². The molecule has 0 bridgehead atoms. The highest BCUT2D eigenvalue weighted by Crippen LogP contribution is 2.38. The molecule has 0 saturated carbocycles. The van der Waals surface area contributed by atoms with Crippen molar-refractivity contribution in [3.63, 3.8) is 0 Å². The predicted octanol–water partition coefficient (Wildman–Crippen LogP) is 4.95. The van der Waals surface area contributed by atoms with Crippen molar-refractivity contribution in [1.82, 2.24) is 4.90 Å². The SMILES string of the molecule is CC(=O)N1CC(C)(CS(=O)(=O)c2cccc(OCc3ccccc3)c2)C=C1c1ccccc1. The summed E-state index contributed by atoms with van der Waals surface area (Å²) in [5, 5.41) is 0. The third-order valence-electron chi connectivity index (χ3n) is 5.68. The van der Waals surface area contributed by atoms with Gasteiger partial charge in [-0.25, -0.2) is 8.42 Å². The van der Waals surface area contributed by atoms with Gasteiger partial charge in [-0.3, -0.25) is 4.79 Å². The van der Waals surface area contributed by atoms with E-state index in [0.29, 0.717) is 18.9 Å². The quantitative estimate of drug-likeness (QED) is 0.500.